The summed E-state index contributed by atoms with van der Waals surface area (Å²) in [4.78, 5) is 24.8. The Morgan fingerprint density at radius 3 is 2.59 bits per heavy atom. The summed E-state index contributed by atoms with van der Waals surface area (Å²) in [6.07, 6.45) is 0. The van der Waals surface area contributed by atoms with Crippen LogP contribution in [0.25, 0.3) is 0 Å². The highest BCUT2D eigenvalue weighted by Gasteiger charge is 2.21. The van der Waals surface area contributed by atoms with Crippen molar-refractivity contribution in [2.75, 3.05) is 19.5 Å². The van der Waals surface area contributed by atoms with Crippen molar-refractivity contribution >= 4 is 40.5 Å². The number of benzene rings is 2. The summed E-state index contributed by atoms with van der Waals surface area (Å²) in [5, 5.41) is 14.7. The average Bonchev–Trinajstić information content (AvgIpc) is 2.63. The number of anilines is 1. The number of nitrogens with one attached hydrogen (secondary N) is 1. The number of rotatable bonds is 7. The third-order valence-corrected chi connectivity index (χ3v) is 4.71. The maximum Gasteiger partial charge on any atom is 0.271 e. The highest BCUT2D eigenvalue weighted by molar-refractivity contribution is 6.35. The number of nitrogens with zero attached hydrogens (tertiary/aromatic N) is 2. The second-order valence-electron chi connectivity index (χ2n) is 5.96. The molecule has 0 unspecified atom stereocenters. The number of carbonyl (C=O) groups excluding carboxylic acids is 1. The molecule has 144 valence electrons. The molecule has 0 aliphatic rings. The molecule has 0 bridgehead atoms. The number of methoxy groups -OCH3 is 1. The van der Waals surface area contributed by atoms with E-state index in [9.17, 15) is 14.9 Å². The minimum Gasteiger partial charge on any atom is -0.495 e. The van der Waals surface area contributed by atoms with E-state index in [-0.39, 0.29) is 17.3 Å². The quantitative estimate of drug-likeness (QED) is 0.539. The van der Waals surface area contributed by atoms with E-state index in [4.69, 9.17) is 27.9 Å². The third-order valence-electron chi connectivity index (χ3n) is 4.13. The molecule has 0 aliphatic carbocycles. The van der Waals surface area contributed by atoms with Crippen molar-refractivity contribution in [1.82, 2.24) is 4.90 Å². The second kappa shape index (κ2) is 9.03. The van der Waals surface area contributed by atoms with Crippen LogP contribution >= 0.6 is 23.2 Å². The van der Waals surface area contributed by atoms with E-state index < -0.39 is 11.0 Å². The van der Waals surface area contributed by atoms with Gasteiger partial charge in [0.1, 0.15) is 5.75 Å². The second-order valence-corrected chi connectivity index (χ2v) is 6.80. The summed E-state index contributed by atoms with van der Waals surface area (Å²) in [6, 6.07) is 8.66. The zero-order valence-corrected chi connectivity index (χ0v) is 16.5. The lowest BCUT2D eigenvalue weighted by atomic mass is 10.1. The molecule has 0 spiro atoms. The third kappa shape index (κ3) is 5.32. The zero-order valence-electron chi connectivity index (χ0n) is 15.0. The SMILES string of the molecule is COc1ccc([N+](=O)[O-])cc1NC(=O)[C@H](C)N(C)Cc1ccc(Cl)cc1Cl. The van der Waals surface area contributed by atoms with Gasteiger partial charge in [0.05, 0.1) is 23.8 Å². The first-order chi connectivity index (χ1) is 12.7. The molecule has 7 nitrogen and oxygen atoms in total. The molecule has 2 aromatic rings. The van der Waals surface area contributed by atoms with E-state index in [2.05, 4.69) is 5.32 Å². The van der Waals surface area contributed by atoms with E-state index in [0.29, 0.717) is 22.3 Å². The van der Waals surface area contributed by atoms with Crippen molar-refractivity contribution in [2.45, 2.75) is 19.5 Å². The number of carbonyl (C=O) groups is 1. The number of amides is 1. The smallest absolute Gasteiger partial charge is 0.271 e. The summed E-state index contributed by atoms with van der Waals surface area (Å²) in [7, 11) is 3.20. The molecule has 0 aliphatic heterocycles. The predicted octanol–water partition coefficient (Wildman–Crippen LogP) is 4.37. The van der Waals surface area contributed by atoms with Crippen LogP contribution in [0.15, 0.2) is 36.4 Å². The van der Waals surface area contributed by atoms with Crippen molar-refractivity contribution < 1.29 is 14.5 Å². The van der Waals surface area contributed by atoms with Crippen molar-refractivity contribution in [2.24, 2.45) is 0 Å². The highest BCUT2D eigenvalue weighted by Crippen LogP contribution is 2.29. The largest absolute Gasteiger partial charge is 0.495 e. The summed E-state index contributed by atoms with van der Waals surface area (Å²) < 4.78 is 5.16. The standard InChI is InChI=1S/C18H19Cl2N3O4/c1-11(22(2)10-12-4-5-13(19)8-15(12)20)18(24)21-16-9-14(23(25)26)6-7-17(16)27-3/h4-9,11H,10H2,1-3H3,(H,21,24)/t11-/m0/s1. The van der Waals surface area contributed by atoms with Crippen molar-refractivity contribution in [3.8, 4) is 5.75 Å². The number of hydrogen-bond donors (Lipinski definition) is 1. The molecule has 2 aromatic carbocycles. The van der Waals surface area contributed by atoms with Crippen LogP contribution < -0.4 is 10.1 Å². The summed E-state index contributed by atoms with van der Waals surface area (Å²) in [6.45, 7) is 2.15. The molecule has 1 amide bonds. The van der Waals surface area contributed by atoms with Gasteiger partial charge in [0, 0.05) is 28.7 Å². The van der Waals surface area contributed by atoms with Gasteiger partial charge in [-0.1, -0.05) is 29.3 Å². The maximum absolute atomic E-state index is 12.6. The predicted molar refractivity (Wildman–Crippen MR) is 106 cm³/mol. The zero-order chi connectivity index (χ0) is 20.1. The fraction of sp³-hybridized carbons (Fsp3) is 0.278. The van der Waals surface area contributed by atoms with Gasteiger partial charge in [0.15, 0.2) is 0 Å². The Kier molecular flexibility index (Phi) is 7.01. The number of non-ortho nitro benzene ring substituents is 1. The number of nitro benzene ring substituents is 1. The fourth-order valence-corrected chi connectivity index (χ4v) is 2.87. The molecule has 0 saturated carbocycles. The molecule has 0 radical (unpaired) electrons. The van der Waals surface area contributed by atoms with Crippen LogP contribution in [0.4, 0.5) is 11.4 Å². The Balaban J connectivity index is 2.12. The lowest BCUT2D eigenvalue weighted by Crippen LogP contribution is -2.39. The normalized spacial score (nSPS) is 11.9. The number of halogens is 2. The van der Waals surface area contributed by atoms with E-state index in [1.165, 1.54) is 25.3 Å². The van der Waals surface area contributed by atoms with Gasteiger partial charge >= 0.3 is 0 Å². The van der Waals surface area contributed by atoms with Crippen LogP contribution in [0.5, 0.6) is 5.75 Å². The van der Waals surface area contributed by atoms with Gasteiger partial charge in [-0.25, -0.2) is 0 Å². The Bertz CT molecular complexity index is 860. The van der Waals surface area contributed by atoms with Crippen molar-refractivity contribution in [1.29, 1.82) is 0 Å². The van der Waals surface area contributed by atoms with Crippen LogP contribution in [-0.2, 0) is 11.3 Å². The molecule has 9 heteroatoms. The molecule has 1 atom stereocenters. The minimum absolute atomic E-state index is 0.139. The van der Waals surface area contributed by atoms with Gasteiger partial charge in [-0.2, -0.15) is 0 Å². The van der Waals surface area contributed by atoms with Crippen LogP contribution in [0, 0.1) is 10.1 Å². The van der Waals surface area contributed by atoms with Crippen LogP contribution in [0.3, 0.4) is 0 Å². The fourth-order valence-electron chi connectivity index (χ4n) is 2.40. The minimum atomic E-state index is -0.535. The van der Waals surface area contributed by atoms with E-state index in [0.717, 1.165) is 5.56 Å². The van der Waals surface area contributed by atoms with Gasteiger partial charge in [-0.3, -0.25) is 19.8 Å². The Morgan fingerprint density at radius 2 is 2.00 bits per heavy atom. The monoisotopic (exact) mass is 411 g/mol. The van der Waals surface area contributed by atoms with Gasteiger partial charge in [0.25, 0.3) is 5.69 Å². The highest BCUT2D eigenvalue weighted by atomic mass is 35.5. The van der Waals surface area contributed by atoms with Gasteiger partial charge in [-0.05, 0) is 37.7 Å². The summed E-state index contributed by atoms with van der Waals surface area (Å²) in [5.74, 6) is 0.00549. The molecule has 0 aromatic heterocycles. The Labute approximate surface area is 167 Å². The van der Waals surface area contributed by atoms with E-state index in [1.807, 2.05) is 0 Å². The average molecular weight is 412 g/mol. The van der Waals surface area contributed by atoms with E-state index >= 15 is 0 Å². The van der Waals surface area contributed by atoms with E-state index in [1.54, 1.807) is 37.1 Å². The number of hydrogen-bond acceptors (Lipinski definition) is 5. The topological polar surface area (TPSA) is 84.7 Å². The molecule has 0 fully saturated rings. The molecule has 27 heavy (non-hydrogen) atoms. The first kappa shape index (κ1) is 21.0. The molecule has 2 rings (SSSR count). The first-order valence-electron chi connectivity index (χ1n) is 8.00. The van der Waals surface area contributed by atoms with Gasteiger partial charge in [-0.15, -0.1) is 0 Å². The lowest BCUT2D eigenvalue weighted by molar-refractivity contribution is -0.384. The van der Waals surface area contributed by atoms with Crippen LogP contribution in [0.1, 0.15) is 12.5 Å². The van der Waals surface area contributed by atoms with Crippen LogP contribution in [0.2, 0.25) is 10.0 Å². The Morgan fingerprint density at radius 1 is 1.30 bits per heavy atom. The van der Waals surface area contributed by atoms with Crippen LogP contribution in [-0.4, -0.2) is 35.9 Å². The molecular weight excluding hydrogens is 393 g/mol. The van der Waals surface area contributed by atoms with Gasteiger partial charge < -0.3 is 10.1 Å². The number of ether oxygens (including phenoxy) is 1. The lowest BCUT2D eigenvalue weighted by Gasteiger charge is -2.24. The molecule has 0 saturated heterocycles. The van der Waals surface area contributed by atoms with Gasteiger partial charge in [0.2, 0.25) is 5.91 Å². The number of likely N-dealkylation sites (N-methyl/N-ethyl adjacent to an activating group) is 1. The summed E-state index contributed by atoms with van der Waals surface area (Å²) >= 11 is 12.1. The van der Waals surface area contributed by atoms with Crippen molar-refractivity contribution in [3.63, 3.8) is 0 Å². The number of nitro groups is 1. The van der Waals surface area contributed by atoms with Crippen molar-refractivity contribution in [3.05, 3.63) is 62.1 Å². The molecule has 0 heterocycles. The first-order valence-corrected chi connectivity index (χ1v) is 8.76. The summed E-state index contributed by atoms with van der Waals surface area (Å²) in [5.41, 5.74) is 0.928. The molecule has 1 N–H and O–H groups in total. The maximum atomic E-state index is 12.6. The Hall–Kier alpha value is -2.35. The molecular formula is C18H19Cl2N3O4.